The van der Waals surface area contributed by atoms with E-state index in [1.807, 2.05) is 0 Å². The van der Waals surface area contributed by atoms with Gasteiger partial charge in [0.05, 0.1) is 37.9 Å². The van der Waals surface area contributed by atoms with Crippen LogP contribution in [0.5, 0.6) is 0 Å². The monoisotopic (exact) mass is 438 g/mol. The quantitative estimate of drug-likeness (QED) is 0.661. The van der Waals surface area contributed by atoms with Crippen molar-refractivity contribution >= 4 is 5.91 Å². The van der Waals surface area contributed by atoms with Crippen molar-refractivity contribution in [3.63, 3.8) is 0 Å². The molecule has 4 fully saturated rings. The summed E-state index contributed by atoms with van der Waals surface area (Å²) in [6.45, 7) is 4.96. The number of ether oxygens (including phenoxy) is 3. The van der Waals surface area contributed by atoms with Gasteiger partial charge in [-0.1, -0.05) is 19.3 Å². The summed E-state index contributed by atoms with van der Waals surface area (Å²) in [5.74, 6) is 1.39. The first-order valence-corrected chi connectivity index (χ1v) is 12.7. The van der Waals surface area contributed by atoms with Gasteiger partial charge in [0, 0.05) is 38.9 Å². The highest BCUT2D eigenvalue weighted by Crippen LogP contribution is 2.29. The molecule has 0 aromatic heterocycles. The number of β-amino-alcohol motifs (C(OH)–C–C–N with tert-alkyl or cyclic N) is 1. The minimum absolute atomic E-state index is 0.0303. The normalized spacial score (nSPS) is 34.5. The molecule has 0 spiro atoms. The van der Waals surface area contributed by atoms with Crippen LogP contribution in [0.4, 0.5) is 0 Å². The average Bonchev–Trinajstić information content (AvgIpc) is 2.78. The lowest BCUT2D eigenvalue weighted by Gasteiger charge is -2.45. The molecule has 3 aliphatic heterocycles. The summed E-state index contributed by atoms with van der Waals surface area (Å²) in [6.07, 6.45) is 10.4. The van der Waals surface area contributed by atoms with Gasteiger partial charge >= 0.3 is 0 Å². The third-order valence-corrected chi connectivity index (χ3v) is 7.65. The van der Waals surface area contributed by atoms with E-state index in [1.54, 1.807) is 0 Å². The second-order valence-electron chi connectivity index (χ2n) is 10.2. The van der Waals surface area contributed by atoms with Gasteiger partial charge in [-0.15, -0.1) is 0 Å². The number of hydrogen-bond donors (Lipinski definition) is 2. The molecule has 2 N–H and O–H groups in total. The fraction of sp³-hybridized carbons (Fsp3) is 0.958. The van der Waals surface area contributed by atoms with Crippen LogP contribution in [0.15, 0.2) is 0 Å². The summed E-state index contributed by atoms with van der Waals surface area (Å²) >= 11 is 0. The summed E-state index contributed by atoms with van der Waals surface area (Å²) in [6, 6.07) is 0.249. The Kier molecular flexibility index (Phi) is 9.02. The molecule has 7 nitrogen and oxygen atoms in total. The summed E-state index contributed by atoms with van der Waals surface area (Å²) in [7, 11) is 0. The molecule has 3 saturated heterocycles. The van der Waals surface area contributed by atoms with Gasteiger partial charge in [0.15, 0.2) is 0 Å². The van der Waals surface area contributed by atoms with Gasteiger partial charge in [0.1, 0.15) is 0 Å². The van der Waals surface area contributed by atoms with Gasteiger partial charge < -0.3 is 24.6 Å². The Morgan fingerprint density at radius 1 is 0.935 bits per heavy atom. The van der Waals surface area contributed by atoms with Crippen LogP contribution in [0.25, 0.3) is 0 Å². The van der Waals surface area contributed by atoms with Crippen molar-refractivity contribution in [2.45, 2.75) is 88.6 Å². The van der Waals surface area contributed by atoms with Gasteiger partial charge in [-0.25, -0.2) is 0 Å². The van der Waals surface area contributed by atoms with Gasteiger partial charge in [0.25, 0.3) is 0 Å². The Hall–Kier alpha value is -0.730. The second kappa shape index (κ2) is 11.9. The molecule has 7 heteroatoms. The zero-order valence-electron chi connectivity index (χ0n) is 19.0. The molecule has 4 atom stereocenters. The van der Waals surface area contributed by atoms with Crippen LogP contribution >= 0.6 is 0 Å². The molecule has 4 aliphatic rings. The number of nitrogens with one attached hydrogen (secondary N) is 1. The Balaban J connectivity index is 1.27. The molecule has 1 amide bonds. The Bertz CT molecular complexity index is 550. The Morgan fingerprint density at radius 2 is 1.74 bits per heavy atom. The van der Waals surface area contributed by atoms with Crippen LogP contribution < -0.4 is 5.32 Å². The maximum Gasteiger partial charge on any atom is 0.222 e. The Labute approximate surface area is 187 Å². The van der Waals surface area contributed by atoms with E-state index in [0.29, 0.717) is 38.0 Å². The molecule has 31 heavy (non-hydrogen) atoms. The SMILES string of the molecule is O=C(C[C@@H]1CC[C@H]2[C@@H](COC[C@H](O)CN2CC2CCOCC2)O1)NCC1CCCCC1. The third kappa shape index (κ3) is 7.13. The van der Waals surface area contributed by atoms with Crippen LogP contribution in [0.3, 0.4) is 0 Å². The zero-order valence-corrected chi connectivity index (χ0v) is 19.0. The third-order valence-electron chi connectivity index (χ3n) is 7.65. The standard InChI is InChI=1S/C24H42N2O5/c27-20-15-26(14-19-8-10-29-11-9-19)22-7-6-21(31-23(22)17-30-16-20)12-24(28)25-13-18-4-2-1-3-5-18/h18-23,27H,1-17H2,(H,25,28)/t20-,21+,22+,23-/m1/s1. The molecule has 178 valence electrons. The fourth-order valence-corrected chi connectivity index (χ4v) is 5.84. The number of rotatable bonds is 6. The molecule has 1 aliphatic carbocycles. The Morgan fingerprint density at radius 3 is 2.55 bits per heavy atom. The topological polar surface area (TPSA) is 80.3 Å². The van der Waals surface area contributed by atoms with E-state index in [9.17, 15) is 9.90 Å². The fourth-order valence-electron chi connectivity index (χ4n) is 5.84. The van der Waals surface area contributed by atoms with Crippen LogP contribution in [-0.2, 0) is 19.0 Å². The average molecular weight is 439 g/mol. The summed E-state index contributed by atoms with van der Waals surface area (Å²) in [5.41, 5.74) is 0. The number of aliphatic hydroxyl groups excluding tert-OH is 1. The number of fused-ring (bicyclic) bond motifs is 1. The highest BCUT2D eigenvalue weighted by molar-refractivity contribution is 5.76. The predicted molar refractivity (Wildman–Crippen MR) is 118 cm³/mol. The second-order valence-corrected chi connectivity index (χ2v) is 10.2. The van der Waals surface area contributed by atoms with Gasteiger partial charge in [-0.05, 0) is 50.4 Å². The summed E-state index contributed by atoms with van der Waals surface area (Å²) < 4.78 is 17.7. The lowest BCUT2D eigenvalue weighted by Crippen LogP contribution is -2.57. The minimum atomic E-state index is -0.455. The maximum absolute atomic E-state index is 12.5. The maximum atomic E-state index is 12.5. The molecular weight excluding hydrogens is 396 g/mol. The molecule has 4 rings (SSSR count). The van der Waals surface area contributed by atoms with Crippen molar-refractivity contribution in [3.05, 3.63) is 0 Å². The van der Waals surface area contributed by atoms with Gasteiger partial charge in [-0.2, -0.15) is 0 Å². The largest absolute Gasteiger partial charge is 0.389 e. The van der Waals surface area contributed by atoms with Crippen molar-refractivity contribution in [2.24, 2.45) is 11.8 Å². The molecule has 1 saturated carbocycles. The van der Waals surface area contributed by atoms with Crippen LogP contribution in [-0.4, -0.2) is 86.3 Å². The number of nitrogens with zero attached hydrogens (tertiary/aromatic N) is 1. The molecule has 0 aromatic carbocycles. The van der Waals surface area contributed by atoms with Gasteiger partial charge in [-0.3, -0.25) is 9.69 Å². The van der Waals surface area contributed by atoms with Crippen molar-refractivity contribution < 1.29 is 24.1 Å². The summed E-state index contributed by atoms with van der Waals surface area (Å²) in [5, 5.41) is 13.5. The van der Waals surface area contributed by atoms with E-state index in [1.165, 1.54) is 32.1 Å². The van der Waals surface area contributed by atoms with Crippen LogP contribution in [0, 0.1) is 11.8 Å². The van der Waals surface area contributed by atoms with E-state index in [2.05, 4.69) is 10.2 Å². The molecule has 0 bridgehead atoms. The smallest absolute Gasteiger partial charge is 0.222 e. The van der Waals surface area contributed by atoms with E-state index in [0.717, 1.165) is 52.0 Å². The number of amides is 1. The van der Waals surface area contributed by atoms with Gasteiger partial charge in [0.2, 0.25) is 5.91 Å². The molecule has 0 aromatic rings. The first-order chi connectivity index (χ1) is 15.2. The van der Waals surface area contributed by atoms with E-state index < -0.39 is 6.10 Å². The molecule has 0 radical (unpaired) electrons. The first kappa shape index (κ1) is 23.4. The molecule has 0 unspecified atom stereocenters. The van der Waals surface area contributed by atoms with Crippen molar-refractivity contribution in [2.75, 3.05) is 46.1 Å². The van der Waals surface area contributed by atoms with E-state index in [4.69, 9.17) is 14.2 Å². The zero-order chi connectivity index (χ0) is 21.5. The van der Waals surface area contributed by atoms with Crippen molar-refractivity contribution in [3.8, 4) is 0 Å². The lowest BCUT2D eigenvalue weighted by atomic mass is 9.89. The van der Waals surface area contributed by atoms with Crippen molar-refractivity contribution in [1.29, 1.82) is 0 Å². The number of aliphatic hydroxyl groups is 1. The predicted octanol–water partition coefficient (Wildman–Crippen LogP) is 2.11. The number of carbonyl (C=O) groups excluding carboxylic acids is 1. The van der Waals surface area contributed by atoms with E-state index >= 15 is 0 Å². The number of carbonyl (C=O) groups is 1. The van der Waals surface area contributed by atoms with Crippen molar-refractivity contribution in [1.82, 2.24) is 10.2 Å². The minimum Gasteiger partial charge on any atom is -0.389 e. The van der Waals surface area contributed by atoms with Crippen LogP contribution in [0.2, 0.25) is 0 Å². The van der Waals surface area contributed by atoms with E-state index in [-0.39, 0.29) is 24.2 Å². The first-order valence-electron chi connectivity index (χ1n) is 12.7. The number of hydrogen-bond acceptors (Lipinski definition) is 6. The lowest BCUT2D eigenvalue weighted by molar-refractivity contribution is -0.159. The summed E-state index contributed by atoms with van der Waals surface area (Å²) in [4.78, 5) is 15.0. The highest BCUT2D eigenvalue weighted by Gasteiger charge is 2.38. The highest BCUT2D eigenvalue weighted by atomic mass is 16.5. The van der Waals surface area contributed by atoms with Crippen LogP contribution in [0.1, 0.15) is 64.2 Å². The molecule has 3 heterocycles. The molecular formula is C24H42N2O5.